The summed E-state index contributed by atoms with van der Waals surface area (Å²) >= 11 is 0. The predicted molar refractivity (Wildman–Crippen MR) is 313 cm³/mol. The third-order valence-corrected chi connectivity index (χ3v) is 16.5. The number of esters is 4. The zero-order valence-corrected chi connectivity index (χ0v) is 52.1. The van der Waals surface area contributed by atoms with Gasteiger partial charge in [0.2, 0.25) is 0 Å². The van der Waals surface area contributed by atoms with Gasteiger partial charge in [-0.15, -0.1) is 0 Å². The van der Waals surface area contributed by atoms with Crippen LogP contribution >= 0.6 is 0 Å². The number of rotatable bonds is 51. The molecular weight excluding hydrogens is 989 g/mol. The maximum absolute atomic E-state index is 13.9. The molecule has 14 nitrogen and oxygen atoms in total. The maximum Gasteiger partial charge on any atom is 0.305 e. The average molecular weight is 1110 g/mol. The Hall–Kier alpha value is -2.36. The molecular formula is C64H120N2O12. The number of ether oxygens (including phenoxy) is 8. The molecule has 2 fully saturated rings. The molecule has 14 heteroatoms. The van der Waals surface area contributed by atoms with Crippen molar-refractivity contribution in [2.45, 2.75) is 274 Å². The Balaban J connectivity index is 2.37. The Kier molecular flexibility index (Phi) is 39.1. The molecule has 5 atom stereocenters. The molecule has 0 saturated heterocycles. The minimum absolute atomic E-state index is 0.130. The molecule has 0 spiro atoms. The van der Waals surface area contributed by atoms with Gasteiger partial charge in [0.1, 0.15) is 0 Å². The molecule has 0 aliphatic heterocycles. The molecule has 0 amide bonds. The number of hydrogen-bond donors (Lipinski definition) is 0. The highest BCUT2D eigenvalue weighted by molar-refractivity contribution is 5.70. The molecule has 2 rings (SSSR count). The lowest BCUT2D eigenvalue weighted by Gasteiger charge is -2.62. The highest BCUT2D eigenvalue weighted by atomic mass is 16.7. The highest BCUT2D eigenvalue weighted by Gasteiger charge is 2.61. The van der Waals surface area contributed by atoms with Crippen LogP contribution in [0.5, 0.6) is 0 Å². The summed E-state index contributed by atoms with van der Waals surface area (Å²) in [7, 11) is 1.61. The van der Waals surface area contributed by atoms with Gasteiger partial charge in [-0.05, 0) is 103 Å². The van der Waals surface area contributed by atoms with Gasteiger partial charge < -0.3 is 47.7 Å². The Morgan fingerprint density at radius 1 is 0.385 bits per heavy atom. The number of unbranched alkanes of at least 4 members (excludes halogenated alkanes) is 15. The van der Waals surface area contributed by atoms with Crippen LogP contribution in [0, 0.1) is 21.7 Å². The smallest absolute Gasteiger partial charge is 0.305 e. The van der Waals surface area contributed by atoms with Crippen LogP contribution in [0.25, 0.3) is 0 Å². The van der Waals surface area contributed by atoms with Crippen LogP contribution in [0.1, 0.15) is 261 Å². The lowest BCUT2D eigenvalue weighted by molar-refractivity contribution is -0.197. The number of carbonyl (C=O) groups is 4. The van der Waals surface area contributed by atoms with Crippen molar-refractivity contribution in [1.29, 1.82) is 0 Å². The Morgan fingerprint density at radius 3 is 1.04 bits per heavy atom. The summed E-state index contributed by atoms with van der Waals surface area (Å²) in [6.45, 7) is 27.3. The zero-order chi connectivity index (χ0) is 57.4. The molecule has 78 heavy (non-hydrogen) atoms. The fraction of sp³-hybridized carbons (Fsp3) is 0.938. The van der Waals surface area contributed by atoms with Gasteiger partial charge in [0.15, 0.2) is 12.6 Å². The standard InChI is InChI=1S/C64H120N2O12/c1-11-18-21-24-27-30-43-72-59(71-10)39-37-58(70)78-54-64-47-61(8,51-75-55(67)35-33-41-65(14-4)15-5)46-63(50-64,53-77-56(68)36-34-42-66(16-6)17-7)48-62(9,49-64)52-76-57(69)38-40-60(73-44-31-28-25-22-19-12-2)74-45-32-29-26-23-20-13-3/h59-60H,11-54H2,1-10H3. The van der Waals surface area contributed by atoms with Crippen LogP contribution in [-0.2, 0) is 57.1 Å². The molecule has 5 unspecified atom stereocenters. The van der Waals surface area contributed by atoms with Crippen molar-refractivity contribution in [2.75, 3.05) is 92.6 Å². The number of fused-ring (bicyclic) bond motifs is 2. The van der Waals surface area contributed by atoms with Gasteiger partial charge in [0.25, 0.3) is 0 Å². The van der Waals surface area contributed by atoms with E-state index < -0.39 is 34.2 Å². The molecule has 2 saturated carbocycles. The van der Waals surface area contributed by atoms with Crippen LogP contribution in [-0.4, -0.2) is 139 Å². The molecule has 0 aromatic rings. The number of methoxy groups -OCH3 is 1. The van der Waals surface area contributed by atoms with Crippen molar-refractivity contribution in [3.63, 3.8) is 0 Å². The zero-order valence-electron chi connectivity index (χ0n) is 52.1. The van der Waals surface area contributed by atoms with E-state index in [2.05, 4.69) is 72.1 Å². The summed E-state index contributed by atoms with van der Waals surface area (Å²) in [5, 5.41) is 0. The van der Waals surface area contributed by atoms with Crippen LogP contribution in [0.4, 0.5) is 0 Å². The first kappa shape index (κ1) is 71.7. The van der Waals surface area contributed by atoms with E-state index in [9.17, 15) is 19.2 Å². The molecule has 2 aliphatic rings. The van der Waals surface area contributed by atoms with Crippen molar-refractivity contribution >= 4 is 23.9 Å². The van der Waals surface area contributed by atoms with Gasteiger partial charge in [-0.3, -0.25) is 19.2 Å². The minimum atomic E-state index is -0.596. The molecule has 2 aliphatic carbocycles. The number of hydrogen-bond acceptors (Lipinski definition) is 14. The van der Waals surface area contributed by atoms with E-state index in [1.807, 2.05) is 0 Å². The van der Waals surface area contributed by atoms with Crippen LogP contribution < -0.4 is 0 Å². The summed E-state index contributed by atoms with van der Waals surface area (Å²) < 4.78 is 49.3. The van der Waals surface area contributed by atoms with Gasteiger partial charge in [0.05, 0.1) is 39.3 Å². The lowest BCUT2D eigenvalue weighted by atomic mass is 9.44. The Morgan fingerprint density at radius 2 is 0.692 bits per heavy atom. The van der Waals surface area contributed by atoms with Crippen molar-refractivity contribution in [3.05, 3.63) is 0 Å². The summed E-state index contributed by atoms with van der Waals surface area (Å²) in [6.07, 6.45) is 26.2. The normalized spacial score (nSPS) is 21.6. The van der Waals surface area contributed by atoms with E-state index in [4.69, 9.17) is 37.9 Å². The topological polar surface area (TPSA) is 149 Å². The molecule has 0 aromatic heterocycles. The van der Waals surface area contributed by atoms with E-state index in [-0.39, 0.29) is 63.1 Å². The lowest BCUT2D eigenvalue weighted by Crippen LogP contribution is -2.58. The van der Waals surface area contributed by atoms with Gasteiger partial charge in [-0.1, -0.05) is 159 Å². The van der Waals surface area contributed by atoms with Crippen molar-refractivity contribution < 1.29 is 57.1 Å². The fourth-order valence-corrected chi connectivity index (χ4v) is 12.9. The molecule has 458 valence electrons. The Labute approximate surface area is 477 Å². The second-order valence-electron chi connectivity index (χ2n) is 24.5. The highest BCUT2D eigenvalue weighted by Crippen LogP contribution is 2.66. The Bertz CT molecular complexity index is 1540. The monoisotopic (exact) mass is 1110 g/mol. The van der Waals surface area contributed by atoms with Crippen LogP contribution in [0.2, 0.25) is 0 Å². The third kappa shape index (κ3) is 31.7. The summed E-state index contributed by atoms with van der Waals surface area (Å²) in [6, 6.07) is 0. The predicted octanol–water partition coefficient (Wildman–Crippen LogP) is 14.4. The largest absolute Gasteiger partial charge is 0.465 e. The van der Waals surface area contributed by atoms with Crippen molar-refractivity contribution in [3.8, 4) is 0 Å². The van der Waals surface area contributed by atoms with Crippen LogP contribution in [0.3, 0.4) is 0 Å². The van der Waals surface area contributed by atoms with E-state index in [0.29, 0.717) is 84.0 Å². The first-order valence-corrected chi connectivity index (χ1v) is 32.0. The van der Waals surface area contributed by atoms with Gasteiger partial charge in [0, 0.05) is 74.3 Å². The second kappa shape index (κ2) is 42.5. The molecule has 0 aromatic carbocycles. The van der Waals surface area contributed by atoms with Gasteiger partial charge in [-0.2, -0.15) is 0 Å². The summed E-state index contributed by atoms with van der Waals surface area (Å²) in [4.78, 5) is 59.3. The summed E-state index contributed by atoms with van der Waals surface area (Å²) in [5.74, 6) is -1.10. The molecule has 0 heterocycles. The minimum Gasteiger partial charge on any atom is -0.465 e. The molecule has 0 radical (unpaired) electrons. The maximum atomic E-state index is 13.9. The fourth-order valence-electron chi connectivity index (χ4n) is 12.9. The van der Waals surface area contributed by atoms with E-state index >= 15 is 0 Å². The van der Waals surface area contributed by atoms with Gasteiger partial charge >= 0.3 is 23.9 Å². The van der Waals surface area contributed by atoms with E-state index in [1.54, 1.807) is 7.11 Å². The molecule has 2 bridgehead atoms. The number of carbonyl (C=O) groups excluding carboxylic acids is 4. The SMILES string of the molecule is CCCCCCCCOC(CCC(=O)OCC12CC(C)(COC(=O)CCCN(CC)CC)CC(COC(=O)CCCN(CC)CC)(CC(C)(COC(=O)CCC(OCCCCCCCC)OCCCCCCCC)C1)C2)OC. The number of nitrogens with zero attached hydrogens (tertiary/aromatic N) is 2. The van der Waals surface area contributed by atoms with E-state index in [1.165, 1.54) is 77.0 Å². The second-order valence-corrected chi connectivity index (χ2v) is 24.5. The van der Waals surface area contributed by atoms with E-state index in [0.717, 1.165) is 84.2 Å². The molecule has 0 N–H and O–H groups in total. The van der Waals surface area contributed by atoms with Crippen molar-refractivity contribution in [1.82, 2.24) is 9.80 Å². The first-order valence-electron chi connectivity index (χ1n) is 32.0. The average Bonchev–Trinajstić information content (AvgIpc) is 3.61. The third-order valence-electron chi connectivity index (χ3n) is 16.5. The van der Waals surface area contributed by atoms with Crippen molar-refractivity contribution in [2.24, 2.45) is 21.7 Å². The quantitative estimate of drug-likeness (QED) is 0.0246. The van der Waals surface area contributed by atoms with Gasteiger partial charge in [-0.25, -0.2) is 0 Å². The summed E-state index contributed by atoms with van der Waals surface area (Å²) in [5.41, 5.74) is -2.24. The first-order chi connectivity index (χ1) is 37.6. The van der Waals surface area contributed by atoms with Crippen LogP contribution in [0.15, 0.2) is 0 Å².